The predicted molar refractivity (Wildman–Crippen MR) is 123 cm³/mol. The topological polar surface area (TPSA) is 98.8 Å². The van der Waals surface area contributed by atoms with Crippen molar-refractivity contribution in [3.63, 3.8) is 0 Å². The molecule has 2 saturated heterocycles. The molecule has 1 saturated carbocycles. The summed E-state index contributed by atoms with van der Waals surface area (Å²) in [5, 5.41) is 0. The molecule has 6 rings (SSSR count). The van der Waals surface area contributed by atoms with Crippen molar-refractivity contribution >= 4 is 23.2 Å². The number of amides is 2. The van der Waals surface area contributed by atoms with Crippen molar-refractivity contribution in [1.29, 1.82) is 0 Å². The highest BCUT2D eigenvalue weighted by Crippen LogP contribution is 2.54. The van der Waals surface area contributed by atoms with Gasteiger partial charge >= 0.3 is 12.4 Å². The summed E-state index contributed by atoms with van der Waals surface area (Å²) in [6, 6.07) is 6.66. The smallest absolute Gasteiger partial charge is 0.422 e. The third kappa shape index (κ3) is 4.57. The number of ether oxygens (including phenoxy) is 1. The Balaban J connectivity index is 1.12. The number of alkyl halides is 6. The van der Waals surface area contributed by atoms with E-state index in [1.165, 1.54) is 4.90 Å². The Labute approximate surface area is 217 Å². The molecule has 0 unspecified atom stereocenters. The summed E-state index contributed by atoms with van der Waals surface area (Å²) in [6.45, 7) is -0.255. The summed E-state index contributed by atoms with van der Waals surface area (Å²) >= 11 is 0. The molecule has 3 aliphatic heterocycles. The molecule has 2 amide bonds. The number of aromatic nitrogens is 1. The van der Waals surface area contributed by atoms with Gasteiger partial charge in [0.15, 0.2) is 6.61 Å². The summed E-state index contributed by atoms with van der Waals surface area (Å²) in [4.78, 5) is 33.0. The first-order chi connectivity index (χ1) is 18.4. The summed E-state index contributed by atoms with van der Waals surface area (Å²) in [5.74, 6) is -1.46. The molecule has 2 aromatic rings. The van der Waals surface area contributed by atoms with Crippen LogP contribution in [0.15, 0.2) is 30.3 Å². The van der Waals surface area contributed by atoms with Gasteiger partial charge in [-0.25, -0.2) is 4.98 Å². The molecule has 4 heterocycles. The second kappa shape index (κ2) is 8.89. The van der Waals surface area contributed by atoms with Crippen LogP contribution in [0.1, 0.15) is 26.4 Å². The zero-order valence-corrected chi connectivity index (χ0v) is 20.1. The van der Waals surface area contributed by atoms with E-state index in [0.717, 1.165) is 17.4 Å². The van der Waals surface area contributed by atoms with Crippen LogP contribution in [0.5, 0.6) is 5.88 Å². The molecule has 0 spiro atoms. The van der Waals surface area contributed by atoms with Crippen LogP contribution in [-0.4, -0.2) is 65.6 Å². The number of carbonyl (C=O) groups excluding carboxylic acids is 2. The zero-order valence-electron chi connectivity index (χ0n) is 20.1. The molecule has 9 nitrogen and oxygen atoms in total. The summed E-state index contributed by atoms with van der Waals surface area (Å²) in [5.41, 5.74) is 8.82. The minimum Gasteiger partial charge on any atom is -0.468 e. The Hall–Kier alpha value is -3.75. The van der Waals surface area contributed by atoms with Crippen LogP contribution in [0, 0.1) is 23.7 Å². The van der Waals surface area contributed by atoms with E-state index in [2.05, 4.69) is 26.1 Å². The van der Waals surface area contributed by atoms with Gasteiger partial charge in [0.25, 0.3) is 11.8 Å². The maximum absolute atomic E-state index is 13.3. The number of hydrogen-bond acceptors (Lipinski definition) is 7. The van der Waals surface area contributed by atoms with Crippen molar-refractivity contribution in [3.8, 4) is 5.88 Å². The van der Waals surface area contributed by atoms with E-state index in [-0.39, 0.29) is 29.6 Å². The Morgan fingerprint density at radius 1 is 0.846 bits per heavy atom. The first kappa shape index (κ1) is 25.5. The molecule has 208 valence electrons. The Morgan fingerprint density at radius 2 is 1.44 bits per heavy atom. The molecule has 1 aromatic carbocycles. The lowest BCUT2D eigenvalue weighted by molar-refractivity contribution is -0.159. The van der Waals surface area contributed by atoms with Gasteiger partial charge < -0.3 is 25.4 Å². The molecule has 1 aliphatic carbocycles. The van der Waals surface area contributed by atoms with Crippen LogP contribution in [0.25, 0.3) is 0 Å². The van der Waals surface area contributed by atoms with Crippen LogP contribution in [0.2, 0.25) is 0 Å². The van der Waals surface area contributed by atoms with Crippen molar-refractivity contribution in [2.24, 2.45) is 23.7 Å². The van der Waals surface area contributed by atoms with E-state index in [1.54, 1.807) is 23.1 Å². The van der Waals surface area contributed by atoms with Gasteiger partial charge in [0.2, 0.25) is 5.88 Å². The maximum Gasteiger partial charge on any atom is 0.422 e. The van der Waals surface area contributed by atoms with Gasteiger partial charge in [0.1, 0.15) is 11.3 Å². The van der Waals surface area contributed by atoms with Gasteiger partial charge in [-0.05, 0) is 54.0 Å². The van der Waals surface area contributed by atoms with Crippen LogP contribution >= 0.6 is 0 Å². The van der Waals surface area contributed by atoms with Gasteiger partial charge in [-0.15, -0.1) is 5.53 Å². The number of benzene rings is 1. The average Bonchev–Trinajstić information content (AvgIpc) is 3.59. The van der Waals surface area contributed by atoms with Gasteiger partial charge in [0, 0.05) is 31.7 Å². The predicted octanol–water partition coefficient (Wildman–Crippen LogP) is 3.39. The molecule has 3 N–H and O–H groups in total. The largest absolute Gasteiger partial charge is 0.468 e. The molecule has 0 radical (unpaired) electrons. The fraction of sp³-hybridized carbons (Fsp3) is 0.458. The molecule has 3 fully saturated rings. The third-order valence-corrected chi connectivity index (χ3v) is 7.92. The minimum atomic E-state index is -5.01. The first-order valence-corrected chi connectivity index (χ1v) is 12.2. The average molecular weight is 556 g/mol. The number of carbonyl (C=O) groups is 2. The quantitative estimate of drug-likeness (QED) is 0.497. The van der Waals surface area contributed by atoms with E-state index in [9.17, 15) is 35.9 Å². The molecule has 4 aliphatic rings. The normalized spacial score (nSPS) is 25.3. The van der Waals surface area contributed by atoms with Crippen LogP contribution < -0.4 is 21.1 Å². The number of anilines is 2. The molecule has 0 bridgehead atoms. The molecular weight excluding hydrogens is 534 g/mol. The van der Waals surface area contributed by atoms with Crippen molar-refractivity contribution in [2.75, 3.05) is 43.6 Å². The third-order valence-electron chi connectivity index (χ3n) is 7.92. The van der Waals surface area contributed by atoms with E-state index in [1.807, 2.05) is 0 Å². The van der Waals surface area contributed by atoms with E-state index >= 15 is 0 Å². The fourth-order valence-corrected chi connectivity index (χ4v) is 6.14. The lowest BCUT2D eigenvalue weighted by Crippen LogP contribution is -2.44. The van der Waals surface area contributed by atoms with Crippen molar-refractivity contribution in [1.82, 2.24) is 20.3 Å². The maximum atomic E-state index is 13.3. The van der Waals surface area contributed by atoms with E-state index in [4.69, 9.17) is 0 Å². The first-order valence-electron chi connectivity index (χ1n) is 12.2. The number of pyridine rings is 1. The zero-order chi connectivity index (χ0) is 27.7. The molecule has 15 heteroatoms. The number of nitrogens with one attached hydrogen (secondary N) is 3. The van der Waals surface area contributed by atoms with Gasteiger partial charge in [-0.1, -0.05) is 0 Å². The molecule has 1 aromatic heterocycles. The second-order valence-electron chi connectivity index (χ2n) is 10.2. The van der Waals surface area contributed by atoms with E-state index in [0.29, 0.717) is 37.8 Å². The lowest BCUT2D eigenvalue weighted by Gasteiger charge is -2.42. The Bertz CT molecular complexity index is 1310. The van der Waals surface area contributed by atoms with Crippen molar-refractivity contribution in [3.05, 3.63) is 47.2 Å². The monoisotopic (exact) mass is 556 g/mol. The summed E-state index contributed by atoms with van der Waals surface area (Å²) < 4.78 is 81.8. The summed E-state index contributed by atoms with van der Waals surface area (Å²) in [6.07, 6.45) is -9.88. The standard InChI is InChI=1S/C24H22F6N6O3/c25-23(26,27)10-39-20-16(24(28,29)30)2-4-18(31-20)22(38)36-8-14-12-6-35(7-13(12)15(14)9-36)21(37)11-1-3-17-19(5-11)33-34-32-17/h1-5,12-15,32-34H,6-10H2/t12-,13+,14+,15-. The molecule has 4 atom stereocenters. The second-order valence-corrected chi connectivity index (χ2v) is 10.2. The Kier molecular flexibility index (Phi) is 5.82. The highest BCUT2D eigenvalue weighted by molar-refractivity contribution is 5.97. The highest BCUT2D eigenvalue weighted by Gasteiger charge is 2.59. The van der Waals surface area contributed by atoms with Gasteiger partial charge in [0.05, 0.1) is 11.4 Å². The lowest BCUT2D eigenvalue weighted by atomic mass is 9.60. The van der Waals surface area contributed by atoms with Crippen molar-refractivity contribution < 1.29 is 40.7 Å². The van der Waals surface area contributed by atoms with Gasteiger partial charge in [-0.3, -0.25) is 9.59 Å². The number of halogens is 6. The van der Waals surface area contributed by atoms with Crippen LogP contribution in [0.4, 0.5) is 37.7 Å². The molecular formula is C24H22F6N6O3. The van der Waals surface area contributed by atoms with Crippen LogP contribution in [-0.2, 0) is 6.18 Å². The summed E-state index contributed by atoms with van der Waals surface area (Å²) in [7, 11) is 0. The van der Waals surface area contributed by atoms with Crippen molar-refractivity contribution in [2.45, 2.75) is 12.4 Å². The fourth-order valence-electron chi connectivity index (χ4n) is 6.14. The number of nitrogens with zero attached hydrogens (tertiary/aromatic N) is 3. The SMILES string of the molecule is O=C(c1ccc2c(c1)NNN2)N1C[C@@H]2[C@H](C1)[C@H]1CN(C(=O)c3ccc(C(F)(F)F)c(OCC(F)(F)F)n3)C[C@@H]21. The number of fused-ring (bicyclic) bond motifs is 5. The number of likely N-dealkylation sites (tertiary alicyclic amines) is 2. The number of rotatable bonds is 4. The van der Waals surface area contributed by atoms with E-state index < -0.39 is 42.0 Å². The minimum absolute atomic E-state index is 0.0905. The number of hydrogen-bond donors (Lipinski definition) is 3. The molecule has 39 heavy (non-hydrogen) atoms. The van der Waals surface area contributed by atoms with Crippen LogP contribution in [0.3, 0.4) is 0 Å². The highest BCUT2D eigenvalue weighted by atomic mass is 19.4. The van der Waals surface area contributed by atoms with Gasteiger partial charge in [-0.2, -0.15) is 26.3 Å². The Morgan fingerprint density at radius 3 is 2.03 bits per heavy atom. The number of hydrazine groups is 2.